The fourth-order valence-corrected chi connectivity index (χ4v) is 10.0. The molecule has 258 valence electrons. The van der Waals surface area contributed by atoms with E-state index in [0.29, 0.717) is 30.6 Å². The van der Waals surface area contributed by atoms with E-state index in [1.165, 1.54) is 16.7 Å². The number of fused-ring (bicyclic) bond motifs is 4. The van der Waals surface area contributed by atoms with Gasteiger partial charge in [0.2, 0.25) is 0 Å². The summed E-state index contributed by atoms with van der Waals surface area (Å²) in [5.41, 5.74) is 4.87. The zero-order valence-corrected chi connectivity index (χ0v) is 28.9. The number of anilines is 1. The number of carbonyl (C=O) groups excluding carboxylic acids is 2. The molecule has 7 rings (SSSR count). The number of ether oxygens (including phenoxy) is 2. The number of benzene rings is 2. The van der Waals surface area contributed by atoms with E-state index in [1.54, 1.807) is 13.2 Å². The molecule has 11 heteroatoms. The van der Waals surface area contributed by atoms with Crippen molar-refractivity contribution >= 4 is 27.5 Å². The Balaban J connectivity index is 1.28. The van der Waals surface area contributed by atoms with Crippen molar-refractivity contribution in [1.82, 2.24) is 10.0 Å². The first kappa shape index (κ1) is 33.1. The lowest BCUT2D eigenvalue weighted by atomic mass is 9.68. The molecule has 2 N–H and O–H groups in total. The molecule has 8 atom stereocenters. The van der Waals surface area contributed by atoms with Gasteiger partial charge in [-0.3, -0.25) is 9.52 Å². The first-order chi connectivity index (χ1) is 23.0. The number of urea groups is 1. The van der Waals surface area contributed by atoms with Crippen LogP contribution in [0.2, 0.25) is 0 Å². The molecular weight excluding hydrogens is 631 g/mol. The first-order valence-corrected chi connectivity index (χ1v) is 19.1. The van der Waals surface area contributed by atoms with Crippen LogP contribution in [-0.4, -0.2) is 67.0 Å². The number of allylic oxidation sites excluding steroid dienone is 1. The lowest BCUT2D eigenvalue weighted by molar-refractivity contribution is 0.0131. The maximum atomic E-state index is 14.2. The van der Waals surface area contributed by atoms with Crippen LogP contribution in [0.4, 0.5) is 14.9 Å². The monoisotopic (exact) mass is 678 g/mol. The lowest BCUT2D eigenvalue weighted by Gasteiger charge is -2.46. The second-order valence-electron chi connectivity index (χ2n) is 14.8. The van der Waals surface area contributed by atoms with E-state index >= 15 is 0 Å². The molecule has 0 saturated heterocycles. The van der Waals surface area contributed by atoms with Crippen LogP contribution in [0.1, 0.15) is 72.5 Å². The molecule has 2 aromatic rings. The second kappa shape index (κ2) is 13.1. The van der Waals surface area contributed by atoms with Crippen LogP contribution >= 0.6 is 0 Å². The van der Waals surface area contributed by atoms with Gasteiger partial charge in [-0.05, 0) is 92.5 Å². The number of alkyl halides is 1. The van der Waals surface area contributed by atoms with Gasteiger partial charge in [0.25, 0.3) is 5.91 Å². The molecular formula is C37H47FN4O5S. The van der Waals surface area contributed by atoms with Gasteiger partial charge in [-0.2, -0.15) is 0 Å². The van der Waals surface area contributed by atoms with Crippen LogP contribution in [0.25, 0.3) is 0 Å². The molecule has 2 heterocycles. The van der Waals surface area contributed by atoms with Crippen molar-refractivity contribution in [3.05, 3.63) is 70.8 Å². The second-order valence-corrected chi connectivity index (χ2v) is 16.8. The average Bonchev–Trinajstić information content (AvgIpc) is 3.75. The molecule has 0 aromatic heterocycles. The summed E-state index contributed by atoms with van der Waals surface area (Å²) in [4.78, 5) is 29.0. The third-order valence-corrected chi connectivity index (χ3v) is 13.0. The van der Waals surface area contributed by atoms with Crippen molar-refractivity contribution in [3.63, 3.8) is 0 Å². The highest BCUT2D eigenvalue weighted by atomic mass is 32.2. The third-order valence-electron chi connectivity index (χ3n) is 11.0. The minimum absolute atomic E-state index is 0.0362. The van der Waals surface area contributed by atoms with Crippen LogP contribution in [0.5, 0.6) is 5.75 Å². The number of hydrogen-bond acceptors (Lipinski definition) is 6. The van der Waals surface area contributed by atoms with Gasteiger partial charge in [0.15, 0.2) is 0 Å². The molecule has 2 aromatic carbocycles. The van der Waals surface area contributed by atoms with E-state index < -0.39 is 34.1 Å². The maximum absolute atomic E-state index is 14.2. The number of aryl methyl sites for hydroxylation is 2. The van der Waals surface area contributed by atoms with E-state index in [4.69, 9.17) is 9.47 Å². The largest absolute Gasteiger partial charge is 0.490 e. The number of nitrogens with zero attached hydrogens (tertiary/aromatic N) is 2. The molecule has 3 aliphatic carbocycles. The lowest BCUT2D eigenvalue weighted by Crippen LogP contribution is -2.49. The normalized spacial score (nSPS) is 35.1. The molecule has 2 fully saturated rings. The standard InChI is InChI=1S/C37H47FN4O5S/c1-23-9-13-29-25(16-23)7-5-15-37(29)21-42-19-27-10-12-28(27)33(46-3)8-4-6-24(2)20-48(45,41-36(44)39-31-18-30(31)38)40-35(43)26-11-14-34(47-22-37)32(42)17-26/h4,8-9,11,13-14,16-17,24,27-28,30-31,33H,5-7,10,12,15,18-22H2,1-3H3,(H2,39,40,41,43,44,45)/b8-4+/t24-,27-,28+,30+,31-,33-,37-,48-/m0/s1. The van der Waals surface area contributed by atoms with Gasteiger partial charge < -0.3 is 19.7 Å². The molecule has 2 saturated carbocycles. The zero-order chi connectivity index (χ0) is 33.6. The summed E-state index contributed by atoms with van der Waals surface area (Å²) in [6.45, 7) is 6.12. The molecule has 48 heavy (non-hydrogen) atoms. The first-order valence-electron chi connectivity index (χ1n) is 17.4. The van der Waals surface area contributed by atoms with Gasteiger partial charge >= 0.3 is 6.03 Å². The predicted molar refractivity (Wildman–Crippen MR) is 185 cm³/mol. The van der Waals surface area contributed by atoms with Gasteiger partial charge in [-0.1, -0.05) is 42.8 Å². The Bertz CT molecular complexity index is 1740. The highest BCUT2D eigenvalue weighted by Gasteiger charge is 2.44. The van der Waals surface area contributed by atoms with Crippen molar-refractivity contribution in [3.8, 4) is 5.75 Å². The maximum Gasteiger partial charge on any atom is 0.327 e. The fraction of sp³-hybridized carbons (Fsp3) is 0.568. The Morgan fingerprint density at radius 2 is 2.04 bits per heavy atom. The van der Waals surface area contributed by atoms with Gasteiger partial charge in [0, 0.05) is 37.6 Å². The quantitative estimate of drug-likeness (QED) is 0.384. The van der Waals surface area contributed by atoms with E-state index in [0.717, 1.165) is 50.9 Å². The number of amides is 3. The van der Waals surface area contributed by atoms with Crippen molar-refractivity contribution in [2.24, 2.45) is 22.1 Å². The summed E-state index contributed by atoms with van der Waals surface area (Å²) in [6.07, 6.45) is 9.07. The summed E-state index contributed by atoms with van der Waals surface area (Å²) in [6, 6.07) is 10.7. The Kier molecular flexibility index (Phi) is 9.04. The molecule has 3 amide bonds. The van der Waals surface area contributed by atoms with Crippen molar-refractivity contribution in [2.45, 2.75) is 82.5 Å². The highest BCUT2D eigenvalue weighted by Crippen LogP contribution is 2.47. The van der Waals surface area contributed by atoms with E-state index in [9.17, 15) is 18.2 Å². The molecule has 0 radical (unpaired) electrons. The zero-order valence-electron chi connectivity index (χ0n) is 28.1. The molecule has 9 nitrogen and oxygen atoms in total. The van der Waals surface area contributed by atoms with Crippen LogP contribution in [0.3, 0.4) is 0 Å². The van der Waals surface area contributed by atoms with E-state index in [2.05, 4.69) is 56.6 Å². The van der Waals surface area contributed by atoms with Crippen LogP contribution in [0.15, 0.2) is 52.9 Å². The van der Waals surface area contributed by atoms with Gasteiger partial charge in [-0.15, -0.1) is 4.36 Å². The summed E-state index contributed by atoms with van der Waals surface area (Å²) in [5.74, 6) is 0.569. The average molecular weight is 679 g/mol. The summed E-state index contributed by atoms with van der Waals surface area (Å²) in [7, 11) is -1.79. The number of methoxy groups -OCH3 is 1. The topological polar surface area (TPSA) is 109 Å². The predicted octanol–water partition coefficient (Wildman–Crippen LogP) is 6.04. The van der Waals surface area contributed by atoms with Crippen molar-refractivity contribution in [2.75, 3.05) is 37.5 Å². The Labute approximate surface area is 283 Å². The Morgan fingerprint density at radius 1 is 1.21 bits per heavy atom. The van der Waals surface area contributed by atoms with E-state index in [-0.39, 0.29) is 35.2 Å². The van der Waals surface area contributed by atoms with Crippen LogP contribution < -0.4 is 19.7 Å². The Hall–Kier alpha value is -3.44. The Morgan fingerprint density at radius 3 is 2.79 bits per heavy atom. The molecule has 2 aliphatic heterocycles. The smallest absolute Gasteiger partial charge is 0.327 e. The van der Waals surface area contributed by atoms with Crippen molar-refractivity contribution < 1.29 is 27.7 Å². The molecule has 5 aliphatic rings. The number of carbonyl (C=O) groups is 2. The molecule has 2 bridgehead atoms. The number of halogens is 1. The summed E-state index contributed by atoms with van der Waals surface area (Å²) < 4.78 is 47.0. The van der Waals surface area contributed by atoms with Gasteiger partial charge in [0.05, 0.1) is 30.2 Å². The number of nitrogens with one attached hydrogen (secondary N) is 2. The van der Waals surface area contributed by atoms with E-state index in [1.807, 2.05) is 19.1 Å². The molecule has 0 unspecified atom stereocenters. The minimum atomic E-state index is -3.55. The summed E-state index contributed by atoms with van der Waals surface area (Å²) in [5, 5.41) is 2.50. The molecule has 1 spiro atoms. The van der Waals surface area contributed by atoms with Gasteiger partial charge in [-0.25, -0.2) is 13.4 Å². The summed E-state index contributed by atoms with van der Waals surface area (Å²) >= 11 is 0. The minimum Gasteiger partial charge on any atom is -0.490 e. The SMILES string of the molecule is CO[C@H]1/C=C/C[C@H](C)C[S@@](=O)(NC(=O)N[C@H]2C[C@H]2F)=NC(=O)c2ccc3c(c2)N(C[C@@H]2CC[C@H]21)C[C@@]1(CCCc2cc(C)ccc21)CO3. The van der Waals surface area contributed by atoms with Crippen LogP contribution in [-0.2, 0) is 26.5 Å². The van der Waals surface area contributed by atoms with Crippen molar-refractivity contribution in [1.29, 1.82) is 0 Å². The fourth-order valence-electron chi connectivity index (χ4n) is 8.18. The van der Waals surface area contributed by atoms with Gasteiger partial charge in [0.1, 0.15) is 21.8 Å². The number of hydrogen-bond donors (Lipinski definition) is 2. The highest BCUT2D eigenvalue weighted by molar-refractivity contribution is 7.92. The third kappa shape index (κ3) is 6.72. The number of rotatable bonds is 3. The van der Waals surface area contributed by atoms with Crippen LogP contribution in [0, 0.1) is 24.7 Å².